The van der Waals surface area contributed by atoms with Gasteiger partial charge in [-0.2, -0.15) is 0 Å². The Balaban J connectivity index is 2.07. The van der Waals surface area contributed by atoms with Crippen molar-refractivity contribution in [3.8, 4) is 0 Å². The van der Waals surface area contributed by atoms with Gasteiger partial charge in [0.15, 0.2) is 0 Å². The number of cyclic esters (lactones) is 1. The zero-order valence-corrected chi connectivity index (χ0v) is 8.79. The number of carbonyl (C=O) groups excluding carboxylic acids is 1. The molecular formula is C11H12O2S. The molecule has 2 unspecified atom stereocenters. The van der Waals surface area contributed by atoms with Crippen LogP contribution in [0.2, 0.25) is 0 Å². The first-order valence-corrected chi connectivity index (χ1v) is 5.53. The highest BCUT2D eigenvalue weighted by Gasteiger charge is 2.34. The summed E-state index contributed by atoms with van der Waals surface area (Å²) < 4.78 is 4.99. The molecule has 0 radical (unpaired) electrons. The van der Waals surface area contributed by atoms with Crippen LogP contribution >= 0.6 is 11.8 Å². The van der Waals surface area contributed by atoms with Crippen LogP contribution in [-0.4, -0.2) is 17.8 Å². The molecule has 3 heteroatoms. The highest BCUT2D eigenvalue weighted by Crippen LogP contribution is 2.32. The van der Waals surface area contributed by atoms with Gasteiger partial charge in [-0.15, -0.1) is 11.8 Å². The fraction of sp³-hybridized carbons (Fsp3) is 0.364. The lowest BCUT2D eigenvalue weighted by molar-refractivity contribution is -0.137. The number of thioether (sulfide) groups is 1. The van der Waals surface area contributed by atoms with E-state index >= 15 is 0 Å². The van der Waals surface area contributed by atoms with Crippen LogP contribution < -0.4 is 0 Å². The van der Waals surface area contributed by atoms with Crippen LogP contribution in [0.15, 0.2) is 35.2 Å². The second-order valence-electron chi connectivity index (χ2n) is 3.46. The fourth-order valence-corrected chi connectivity index (χ4v) is 2.51. The normalized spacial score (nSPS) is 26.2. The molecule has 2 atom stereocenters. The Hall–Kier alpha value is -0.960. The van der Waals surface area contributed by atoms with Gasteiger partial charge in [0.2, 0.25) is 0 Å². The number of esters is 1. The standard InChI is InChI=1S/C11H12O2S/c1-8-7-13-11(12)10(8)14-9-5-3-2-4-6-9/h2-6,8,10H,7H2,1H3. The summed E-state index contributed by atoms with van der Waals surface area (Å²) >= 11 is 1.59. The van der Waals surface area contributed by atoms with Crippen LogP contribution in [0.4, 0.5) is 0 Å². The summed E-state index contributed by atoms with van der Waals surface area (Å²) in [6.45, 7) is 2.61. The third kappa shape index (κ3) is 1.93. The lowest BCUT2D eigenvalue weighted by atomic mass is 10.1. The number of ether oxygens (including phenoxy) is 1. The van der Waals surface area contributed by atoms with Gasteiger partial charge in [-0.3, -0.25) is 4.79 Å². The van der Waals surface area contributed by atoms with E-state index in [1.165, 1.54) is 0 Å². The Labute approximate surface area is 87.6 Å². The molecule has 0 aromatic heterocycles. The first-order chi connectivity index (χ1) is 6.77. The molecule has 0 N–H and O–H groups in total. The van der Waals surface area contributed by atoms with Crippen molar-refractivity contribution in [3.05, 3.63) is 30.3 Å². The summed E-state index contributed by atoms with van der Waals surface area (Å²) in [6, 6.07) is 9.97. The Morgan fingerprint density at radius 1 is 1.36 bits per heavy atom. The molecule has 0 spiro atoms. The molecule has 1 fully saturated rings. The number of benzene rings is 1. The molecule has 0 bridgehead atoms. The average molecular weight is 208 g/mol. The van der Waals surface area contributed by atoms with Crippen molar-refractivity contribution in [2.45, 2.75) is 17.1 Å². The molecule has 2 rings (SSSR count). The zero-order valence-electron chi connectivity index (χ0n) is 7.97. The number of hydrogen-bond donors (Lipinski definition) is 0. The predicted octanol–water partition coefficient (Wildman–Crippen LogP) is 2.34. The van der Waals surface area contributed by atoms with E-state index < -0.39 is 0 Å². The molecule has 1 aromatic rings. The van der Waals surface area contributed by atoms with Gasteiger partial charge in [0.25, 0.3) is 0 Å². The van der Waals surface area contributed by atoms with Gasteiger partial charge in [-0.1, -0.05) is 25.1 Å². The van der Waals surface area contributed by atoms with Crippen molar-refractivity contribution < 1.29 is 9.53 Å². The zero-order chi connectivity index (χ0) is 9.97. The van der Waals surface area contributed by atoms with E-state index in [0.29, 0.717) is 12.5 Å². The summed E-state index contributed by atoms with van der Waals surface area (Å²) in [7, 11) is 0. The van der Waals surface area contributed by atoms with Crippen molar-refractivity contribution in [3.63, 3.8) is 0 Å². The minimum atomic E-state index is -0.0775. The largest absolute Gasteiger partial charge is 0.464 e. The molecule has 2 nitrogen and oxygen atoms in total. The highest BCUT2D eigenvalue weighted by molar-refractivity contribution is 8.00. The fourth-order valence-electron chi connectivity index (χ4n) is 1.43. The van der Waals surface area contributed by atoms with Crippen molar-refractivity contribution in [2.24, 2.45) is 5.92 Å². The monoisotopic (exact) mass is 208 g/mol. The van der Waals surface area contributed by atoms with Crippen LogP contribution in [0.25, 0.3) is 0 Å². The topological polar surface area (TPSA) is 26.3 Å². The average Bonchev–Trinajstić information content (AvgIpc) is 2.51. The predicted molar refractivity (Wildman–Crippen MR) is 56.2 cm³/mol. The Kier molecular flexibility index (Phi) is 2.77. The number of hydrogen-bond acceptors (Lipinski definition) is 3. The lowest BCUT2D eigenvalue weighted by Gasteiger charge is -2.09. The van der Waals surface area contributed by atoms with E-state index in [1.807, 2.05) is 37.3 Å². The summed E-state index contributed by atoms with van der Waals surface area (Å²) in [5, 5.41) is -0.0302. The Morgan fingerprint density at radius 3 is 2.64 bits per heavy atom. The minimum absolute atomic E-state index is 0.0302. The molecule has 0 aliphatic carbocycles. The summed E-state index contributed by atoms with van der Waals surface area (Å²) in [5.41, 5.74) is 0. The van der Waals surface area contributed by atoms with E-state index in [2.05, 4.69) is 0 Å². The van der Waals surface area contributed by atoms with Gasteiger partial charge in [-0.25, -0.2) is 0 Å². The van der Waals surface area contributed by atoms with Gasteiger partial charge < -0.3 is 4.74 Å². The Morgan fingerprint density at radius 2 is 2.07 bits per heavy atom. The first-order valence-electron chi connectivity index (χ1n) is 4.66. The quantitative estimate of drug-likeness (QED) is 0.698. The van der Waals surface area contributed by atoms with Crippen LogP contribution in [0, 0.1) is 5.92 Å². The van der Waals surface area contributed by atoms with Crippen LogP contribution in [0.1, 0.15) is 6.92 Å². The van der Waals surface area contributed by atoms with Crippen molar-refractivity contribution in [2.75, 3.05) is 6.61 Å². The maximum absolute atomic E-state index is 11.3. The number of rotatable bonds is 2. The van der Waals surface area contributed by atoms with Crippen molar-refractivity contribution >= 4 is 17.7 Å². The molecule has 0 saturated carbocycles. The molecule has 1 heterocycles. The van der Waals surface area contributed by atoms with Crippen LogP contribution in [-0.2, 0) is 9.53 Å². The van der Waals surface area contributed by atoms with E-state index in [0.717, 1.165) is 4.90 Å². The third-order valence-electron chi connectivity index (χ3n) is 2.24. The van der Waals surface area contributed by atoms with Gasteiger partial charge in [0, 0.05) is 10.8 Å². The summed E-state index contributed by atoms with van der Waals surface area (Å²) in [5.74, 6) is 0.235. The van der Waals surface area contributed by atoms with E-state index in [-0.39, 0.29) is 11.2 Å². The van der Waals surface area contributed by atoms with Gasteiger partial charge in [-0.05, 0) is 12.1 Å². The molecular weight excluding hydrogens is 196 g/mol. The molecule has 14 heavy (non-hydrogen) atoms. The van der Waals surface area contributed by atoms with Crippen molar-refractivity contribution in [1.82, 2.24) is 0 Å². The van der Waals surface area contributed by atoms with Gasteiger partial charge in [0.05, 0.1) is 6.61 Å². The minimum Gasteiger partial charge on any atom is -0.464 e. The van der Waals surface area contributed by atoms with E-state index in [9.17, 15) is 4.79 Å². The van der Waals surface area contributed by atoms with E-state index in [1.54, 1.807) is 11.8 Å². The Bertz CT molecular complexity index is 323. The molecule has 1 aliphatic rings. The maximum Gasteiger partial charge on any atom is 0.319 e. The molecule has 0 amide bonds. The first kappa shape index (κ1) is 9.59. The molecule has 1 aromatic carbocycles. The molecule has 1 aliphatic heterocycles. The van der Waals surface area contributed by atoms with Crippen molar-refractivity contribution in [1.29, 1.82) is 0 Å². The SMILES string of the molecule is CC1COC(=O)C1Sc1ccccc1. The smallest absolute Gasteiger partial charge is 0.319 e. The second kappa shape index (κ2) is 4.05. The van der Waals surface area contributed by atoms with Gasteiger partial charge in [0.1, 0.15) is 5.25 Å². The maximum atomic E-state index is 11.3. The summed E-state index contributed by atoms with van der Waals surface area (Å²) in [4.78, 5) is 12.5. The van der Waals surface area contributed by atoms with Crippen LogP contribution in [0.5, 0.6) is 0 Å². The third-order valence-corrected chi connectivity index (χ3v) is 3.70. The second-order valence-corrected chi connectivity index (χ2v) is 4.67. The lowest BCUT2D eigenvalue weighted by Crippen LogP contribution is -2.15. The van der Waals surface area contributed by atoms with Gasteiger partial charge >= 0.3 is 5.97 Å². The summed E-state index contributed by atoms with van der Waals surface area (Å²) in [6.07, 6.45) is 0. The molecule has 74 valence electrons. The molecule has 1 saturated heterocycles. The van der Waals surface area contributed by atoms with Crippen LogP contribution in [0.3, 0.4) is 0 Å². The number of carbonyl (C=O) groups is 1. The highest BCUT2D eigenvalue weighted by atomic mass is 32.2. The van der Waals surface area contributed by atoms with E-state index in [4.69, 9.17) is 4.74 Å².